The third kappa shape index (κ3) is 2.64. The lowest BCUT2D eigenvalue weighted by Gasteiger charge is -2.24. The van der Waals surface area contributed by atoms with E-state index in [2.05, 4.69) is 15.2 Å². The van der Waals surface area contributed by atoms with Crippen LogP contribution in [0.2, 0.25) is 0 Å². The molecule has 0 radical (unpaired) electrons. The Morgan fingerprint density at radius 2 is 1.95 bits per heavy atom. The zero-order valence-corrected chi connectivity index (χ0v) is 11.7. The molecule has 7 nitrogen and oxygen atoms in total. The third-order valence-electron chi connectivity index (χ3n) is 2.48. The van der Waals surface area contributed by atoms with E-state index in [1.807, 2.05) is 20.8 Å². The first-order chi connectivity index (χ1) is 8.71. The Hall–Kier alpha value is -1.80. The minimum absolute atomic E-state index is 0.251. The van der Waals surface area contributed by atoms with E-state index in [-0.39, 0.29) is 5.16 Å². The Bertz CT molecular complexity index is 686. The normalized spacial score (nSPS) is 12.6. The quantitative estimate of drug-likeness (QED) is 0.874. The van der Waals surface area contributed by atoms with Crippen LogP contribution in [0.1, 0.15) is 20.8 Å². The molecule has 0 aliphatic heterocycles. The Balaban J connectivity index is 2.75. The molecule has 0 spiro atoms. The first-order valence-corrected chi connectivity index (χ1v) is 7.15. The molecule has 0 amide bonds. The highest BCUT2D eigenvalue weighted by molar-refractivity contribution is 7.89. The highest BCUT2D eigenvalue weighted by Crippen LogP contribution is 2.26. The number of primary sulfonamides is 1. The number of hydrogen-bond donors (Lipinski definition) is 1. The average molecular weight is 281 g/mol. The fraction of sp³-hybridized carbons (Fsp3) is 0.364. The van der Waals surface area contributed by atoms with Crippen LogP contribution < -0.4 is 5.14 Å². The standard InChI is InChI=1S/C11H15N5O2S/c1-11(2,3)16-9(8-5-4-6-13-7-8)14-15-10(16)19(12,17)18/h4-7H,1-3H3,(H2,12,17,18). The number of sulfonamides is 1. The van der Waals surface area contributed by atoms with Gasteiger partial charge in [0, 0.05) is 23.5 Å². The van der Waals surface area contributed by atoms with Crippen molar-refractivity contribution in [3.8, 4) is 11.4 Å². The van der Waals surface area contributed by atoms with Crippen molar-refractivity contribution < 1.29 is 8.42 Å². The number of aromatic nitrogens is 4. The van der Waals surface area contributed by atoms with Crippen LogP contribution in [0, 0.1) is 0 Å². The number of rotatable bonds is 2. The van der Waals surface area contributed by atoms with Crippen LogP contribution in [-0.2, 0) is 15.6 Å². The van der Waals surface area contributed by atoms with E-state index in [0.29, 0.717) is 11.4 Å². The second kappa shape index (κ2) is 4.39. The summed E-state index contributed by atoms with van der Waals surface area (Å²) in [6.45, 7) is 5.56. The minimum Gasteiger partial charge on any atom is -0.291 e. The number of hydrogen-bond acceptors (Lipinski definition) is 5. The molecule has 0 aliphatic carbocycles. The van der Waals surface area contributed by atoms with E-state index in [9.17, 15) is 8.42 Å². The molecule has 2 aromatic rings. The highest BCUT2D eigenvalue weighted by atomic mass is 32.2. The topological polar surface area (TPSA) is 104 Å². The third-order valence-corrected chi connectivity index (χ3v) is 3.25. The van der Waals surface area contributed by atoms with E-state index in [1.165, 1.54) is 4.57 Å². The molecular weight excluding hydrogens is 266 g/mol. The zero-order chi connectivity index (χ0) is 14.3. The second-order valence-electron chi connectivity index (χ2n) is 5.10. The second-order valence-corrected chi connectivity index (χ2v) is 6.55. The van der Waals surface area contributed by atoms with Gasteiger partial charge in [0.2, 0.25) is 0 Å². The summed E-state index contributed by atoms with van der Waals surface area (Å²) in [5.74, 6) is 0.421. The van der Waals surface area contributed by atoms with E-state index in [1.54, 1.807) is 24.5 Å². The molecule has 0 fully saturated rings. The SMILES string of the molecule is CC(C)(C)n1c(-c2cccnc2)nnc1S(N)(=O)=O. The molecule has 0 aromatic carbocycles. The number of pyridine rings is 1. The minimum atomic E-state index is -3.93. The molecule has 102 valence electrons. The van der Waals surface area contributed by atoms with Gasteiger partial charge in [-0.15, -0.1) is 10.2 Å². The largest absolute Gasteiger partial charge is 0.291 e. The van der Waals surface area contributed by atoms with E-state index in [0.717, 1.165) is 0 Å². The summed E-state index contributed by atoms with van der Waals surface area (Å²) in [6, 6.07) is 3.53. The molecule has 8 heteroatoms. The fourth-order valence-electron chi connectivity index (χ4n) is 1.74. The first-order valence-electron chi connectivity index (χ1n) is 5.60. The van der Waals surface area contributed by atoms with Gasteiger partial charge in [0.05, 0.1) is 0 Å². The van der Waals surface area contributed by atoms with Crippen LogP contribution >= 0.6 is 0 Å². The Labute approximate surface area is 111 Å². The summed E-state index contributed by atoms with van der Waals surface area (Å²) in [5.41, 5.74) is 0.149. The van der Waals surface area contributed by atoms with Crippen LogP contribution in [0.3, 0.4) is 0 Å². The summed E-state index contributed by atoms with van der Waals surface area (Å²) in [5, 5.41) is 12.6. The lowest BCUT2D eigenvalue weighted by molar-refractivity contribution is 0.366. The van der Waals surface area contributed by atoms with Gasteiger partial charge in [-0.05, 0) is 32.9 Å². The number of nitrogens with zero attached hydrogens (tertiary/aromatic N) is 4. The van der Waals surface area contributed by atoms with Crippen molar-refractivity contribution >= 4 is 10.0 Å². The molecule has 19 heavy (non-hydrogen) atoms. The highest BCUT2D eigenvalue weighted by Gasteiger charge is 2.29. The predicted molar refractivity (Wildman–Crippen MR) is 69.6 cm³/mol. The molecule has 0 bridgehead atoms. The van der Waals surface area contributed by atoms with Crippen molar-refractivity contribution in [3.05, 3.63) is 24.5 Å². The predicted octanol–water partition coefficient (Wildman–Crippen LogP) is 0.742. The maximum atomic E-state index is 11.6. The molecule has 0 saturated heterocycles. The van der Waals surface area contributed by atoms with E-state index < -0.39 is 15.6 Å². The van der Waals surface area contributed by atoms with Gasteiger partial charge >= 0.3 is 0 Å². The fourth-order valence-corrected chi connectivity index (χ4v) is 2.51. The van der Waals surface area contributed by atoms with E-state index >= 15 is 0 Å². The maximum Gasteiger partial charge on any atom is 0.273 e. The summed E-state index contributed by atoms with van der Waals surface area (Å²) in [4.78, 5) is 3.99. The molecule has 2 heterocycles. The monoisotopic (exact) mass is 281 g/mol. The van der Waals surface area contributed by atoms with Crippen molar-refractivity contribution in [1.29, 1.82) is 0 Å². The van der Waals surface area contributed by atoms with Crippen molar-refractivity contribution in [1.82, 2.24) is 19.7 Å². The van der Waals surface area contributed by atoms with Crippen LogP contribution in [0.15, 0.2) is 29.7 Å². The first kappa shape index (κ1) is 13.6. The molecule has 0 atom stereocenters. The molecule has 2 rings (SSSR count). The van der Waals surface area contributed by atoms with Gasteiger partial charge in [-0.25, -0.2) is 13.6 Å². The van der Waals surface area contributed by atoms with Crippen LogP contribution in [-0.4, -0.2) is 28.2 Å². The average Bonchev–Trinajstić information content (AvgIpc) is 2.74. The van der Waals surface area contributed by atoms with Crippen molar-refractivity contribution in [2.75, 3.05) is 0 Å². The zero-order valence-electron chi connectivity index (χ0n) is 10.9. The van der Waals surface area contributed by atoms with Crippen molar-refractivity contribution in [2.24, 2.45) is 5.14 Å². The van der Waals surface area contributed by atoms with Gasteiger partial charge < -0.3 is 0 Å². The Morgan fingerprint density at radius 3 is 2.42 bits per heavy atom. The van der Waals surface area contributed by atoms with Gasteiger partial charge in [0.15, 0.2) is 5.82 Å². The summed E-state index contributed by atoms with van der Waals surface area (Å²) in [6.07, 6.45) is 3.22. The summed E-state index contributed by atoms with van der Waals surface area (Å²) in [7, 11) is -3.93. The molecule has 2 N–H and O–H groups in total. The maximum absolute atomic E-state index is 11.6. The van der Waals surface area contributed by atoms with Gasteiger partial charge in [-0.1, -0.05) is 0 Å². The van der Waals surface area contributed by atoms with Gasteiger partial charge in [0.25, 0.3) is 15.2 Å². The van der Waals surface area contributed by atoms with Gasteiger partial charge in [-0.3, -0.25) is 9.55 Å². The van der Waals surface area contributed by atoms with Crippen LogP contribution in [0.5, 0.6) is 0 Å². The Kier molecular flexibility index (Phi) is 3.15. The molecular formula is C11H15N5O2S. The molecule has 2 aromatic heterocycles. The molecule has 0 unspecified atom stereocenters. The van der Waals surface area contributed by atoms with Gasteiger partial charge in [-0.2, -0.15) is 0 Å². The van der Waals surface area contributed by atoms with Crippen molar-refractivity contribution in [2.45, 2.75) is 31.5 Å². The van der Waals surface area contributed by atoms with Crippen LogP contribution in [0.4, 0.5) is 0 Å². The molecule has 0 aliphatic rings. The van der Waals surface area contributed by atoms with Gasteiger partial charge in [0.1, 0.15) is 0 Å². The van der Waals surface area contributed by atoms with E-state index in [4.69, 9.17) is 5.14 Å². The number of nitrogens with two attached hydrogens (primary N) is 1. The molecule has 0 saturated carbocycles. The smallest absolute Gasteiger partial charge is 0.273 e. The summed E-state index contributed by atoms with van der Waals surface area (Å²) >= 11 is 0. The summed E-state index contributed by atoms with van der Waals surface area (Å²) < 4.78 is 24.7. The Morgan fingerprint density at radius 1 is 1.26 bits per heavy atom. The van der Waals surface area contributed by atoms with Crippen molar-refractivity contribution in [3.63, 3.8) is 0 Å². The lowest BCUT2D eigenvalue weighted by Crippen LogP contribution is -2.29. The van der Waals surface area contributed by atoms with Crippen LogP contribution in [0.25, 0.3) is 11.4 Å². The lowest BCUT2D eigenvalue weighted by atomic mass is 10.1.